The van der Waals surface area contributed by atoms with E-state index in [-0.39, 0.29) is 0 Å². The zero-order valence-corrected chi connectivity index (χ0v) is 13.1. The van der Waals surface area contributed by atoms with Crippen LogP contribution in [0.4, 0.5) is 10.8 Å². The molecule has 0 saturated heterocycles. The molecule has 21 heavy (non-hydrogen) atoms. The van der Waals surface area contributed by atoms with E-state index in [0.29, 0.717) is 10.8 Å². The lowest BCUT2D eigenvalue weighted by molar-refractivity contribution is 0.395. The van der Waals surface area contributed by atoms with Crippen molar-refractivity contribution in [3.63, 3.8) is 0 Å². The third-order valence-electron chi connectivity index (χ3n) is 3.00. The van der Waals surface area contributed by atoms with Crippen molar-refractivity contribution in [3.8, 4) is 11.5 Å². The fourth-order valence-corrected chi connectivity index (χ4v) is 3.00. The van der Waals surface area contributed by atoms with Crippen LogP contribution in [0, 0.1) is 0 Å². The highest BCUT2D eigenvalue weighted by molar-refractivity contribution is 7.22. The summed E-state index contributed by atoms with van der Waals surface area (Å²) in [6, 6.07) is 11.3. The Morgan fingerprint density at radius 3 is 2.71 bits per heavy atom. The molecule has 1 heterocycles. The van der Waals surface area contributed by atoms with E-state index in [1.165, 1.54) is 0 Å². The predicted molar refractivity (Wildman–Crippen MR) is 87.5 cm³/mol. The van der Waals surface area contributed by atoms with E-state index in [9.17, 15) is 0 Å². The molecule has 1 aromatic heterocycles. The van der Waals surface area contributed by atoms with Crippen molar-refractivity contribution in [1.82, 2.24) is 4.98 Å². The quantitative estimate of drug-likeness (QED) is 0.756. The van der Waals surface area contributed by atoms with Crippen LogP contribution in [0.1, 0.15) is 0 Å². The monoisotopic (exact) mass is 320 g/mol. The predicted octanol–water partition coefficient (Wildman–Crippen LogP) is 4.71. The van der Waals surface area contributed by atoms with Crippen LogP contribution in [-0.2, 0) is 0 Å². The molecule has 0 amide bonds. The lowest BCUT2D eigenvalue weighted by atomic mass is 10.3. The van der Waals surface area contributed by atoms with Crippen molar-refractivity contribution in [2.24, 2.45) is 0 Å². The molecule has 0 atom stereocenters. The van der Waals surface area contributed by atoms with Gasteiger partial charge in [0.1, 0.15) is 11.5 Å². The van der Waals surface area contributed by atoms with Gasteiger partial charge in [0.25, 0.3) is 0 Å². The molecule has 0 spiro atoms. The largest absolute Gasteiger partial charge is 0.497 e. The Kier molecular flexibility index (Phi) is 3.86. The molecule has 0 bridgehead atoms. The molecule has 0 aliphatic rings. The number of fused-ring (bicyclic) bond motifs is 1. The number of hydrogen-bond donors (Lipinski definition) is 1. The number of hydrogen-bond acceptors (Lipinski definition) is 5. The summed E-state index contributed by atoms with van der Waals surface area (Å²) in [5.41, 5.74) is 1.71. The van der Waals surface area contributed by atoms with Gasteiger partial charge in [0, 0.05) is 11.1 Å². The van der Waals surface area contributed by atoms with Crippen LogP contribution in [0.5, 0.6) is 11.5 Å². The summed E-state index contributed by atoms with van der Waals surface area (Å²) >= 11 is 7.54. The summed E-state index contributed by atoms with van der Waals surface area (Å²) in [4.78, 5) is 4.52. The number of nitrogens with one attached hydrogen (secondary N) is 1. The van der Waals surface area contributed by atoms with Crippen molar-refractivity contribution >= 4 is 44.0 Å². The first kappa shape index (κ1) is 14.0. The Morgan fingerprint density at radius 2 is 1.95 bits per heavy atom. The summed E-state index contributed by atoms with van der Waals surface area (Å²) in [5.74, 6) is 1.44. The van der Waals surface area contributed by atoms with Gasteiger partial charge in [0.05, 0.1) is 30.1 Å². The van der Waals surface area contributed by atoms with Crippen molar-refractivity contribution in [1.29, 1.82) is 0 Å². The zero-order valence-electron chi connectivity index (χ0n) is 11.5. The Hall–Kier alpha value is -1.98. The smallest absolute Gasteiger partial charge is 0.188 e. The molecule has 3 rings (SSSR count). The fraction of sp³-hybridized carbons (Fsp3) is 0.133. The maximum Gasteiger partial charge on any atom is 0.188 e. The van der Waals surface area contributed by atoms with Gasteiger partial charge in [0.2, 0.25) is 0 Å². The third-order valence-corrected chi connectivity index (χ3v) is 4.19. The highest BCUT2D eigenvalue weighted by atomic mass is 35.5. The van der Waals surface area contributed by atoms with Gasteiger partial charge in [-0.1, -0.05) is 22.9 Å². The molecule has 0 saturated carbocycles. The molecule has 4 nitrogen and oxygen atoms in total. The molecule has 0 fully saturated rings. The summed E-state index contributed by atoms with van der Waals surface area (Å²) < 4.78 is 11.6. The number of anilines is 2. The topological polar surface area (TPSA) is 43.4 Å². The zero-order chi connectivity index (χ0) is 14.8. The Bertz CT molecular complexity index is 788. The van der Waals surface area contributed by atoms with Gasteiger partial charge in [-0.15, -0.1) is 0 Å². The molecule has 0 aliphatic heterocycles. The minimum atomic E-state index is 0.682. The standard InChI is InChI=1S/C15H13ClN2O2S/c1-19-10-4-5-11(13(8-10)20-2)17-15-18-12-7-9(16)3-6-14(12)21-15/h3-8H,1-2H3,(H,17,18). The molecule has 0 radical (unpaired) electrons. The third kappa shape index (κ3) is 2.89. The number of benzene rings is 2. The van der Waals surface area contributed by atoms with Crippen LogP contribution in [0.25, 0.3) is 10.2 Å². The van der Waals surface area contributed by atoms with Gasteiger partial charge in [0.15, 0.2) is 5.13 Å². The first-order valence-electron chi connectivity index (χ1n) is 6.25. The molecule has 2 aromatic carbocycles. The molecule has 6 heteroatoms. The van der Waals surface area contributed by atoms with Crippen molar-refractivity contribution in [2.45, 2.75) is 0 Å². The number of rotatable bonds is 4. The molecule has 1 N–H and O–H groups in total. The van der Waals surface area contributed by atoms with Crippen molar-refractivity contribution in [3.05, 3.63) is 41.4 Å². The minimum absolute atomic E-state index is 0.682. The maximum absolute atomic E-state index is 5.98. The number of ether oxygens (including phenoxy) is 2. The number of methoxy groups -OCH3 is 2. The van der Waals surface area contributed by atoms with E-state index < -0.39 is 0 Å². The summed E-state index contributed by atoms with van der Waals surface area (Å²) in [6.45, 7) is 0. The van der Waals surface area contributed by atoms with E-state index in [1.54, 1.807) is 25.6 Å². The number of aromatic nitrogens is 1. The Labute approximate surface area is 131 Å². The number of nitrogens with zero attached hydrogens (tertiary/aromatic N) is 1. The highest BCUT2D eigenvalue weighted by Crippen LogP contribution is 2.34. The van der Waals surface area contributed by atoms with E-state index in [0.717, 1.165) is 26.8 Å². The molecule has 108 valence electrons. The second-order valence-corrected chi connectivity index (χ2v) is 5.79. The lowest BCUT2D eigenvalue weighted by Crippen LogP contribution is -1.95. The summed E-state index contributed by atoms with van der Waals surface area (Å²) in [6.07, 6.45) is 0. The van der Waals surface area contributed by atoms with Gasteiger partial charge in [-0.25, -0.2) is 4.98 Å². The molecule has 3 aromatic rings. The van der Waals surface area contributed by atoms with Crippen LogP contribution in [-0.4, -0.2) is 19.2 Å². The maximum atomic E-state index is 5.98. The van der Waals surface area contributed by atoms with Gasteiger partial charge < -0.3 is 14.8 Å². The molecular formula is C15H13ClN2O2S. The van der Waals surface area contributed by atoms with E-state index >= 15 is 0 Å². The van der Waals surface area contributed by atoms with Crippen LogP contribution in [0.2, 0.25) is 5.02 Å². The van der Waals surface area contributed by atoms with Crippen LogP contribution in [0.3, 0.4) is 0 Å². The summed E-state index contributed by atoms with van der Waals surface area (Å²) in [7, 11) is 3.25. The normalized spacial score (nSPS) is 10.6. The number of halogens is 1. The van der Waals surface area contributed by atoms with Gasteiger partial charge in [-0.05, 0) is 30.3 Å². The van der Waals surface area contributed by atoms with Crippen LogP contribution < -0.4 is 14.8 Å². The van der Waals surface area contributed by atoms with Gasteiger partial charge >= 0.3 is 0 Å². The second kappa shape index (κ2) is 5.79. The van der Waals surface area contributed by atoms with E-state index in [2.05, 4.69) is 10.3 Å². The fourth-order valence-electron chi connectivity index (χ4n) is 1.97. The molecule has 0 aliphatic carbocycles. The Balaban J connectivity index is 1.94. The first-order valence-corrected chi connectivity index (χ1v) is 7.44. The minimum Gasteiger partial charge on any atom is -0.497 e. The first-order chi connectivity index (χ1) is 10.2. The molecule has 0 unspecified atom stereocenters. The van der Waals surface area contributed by atoms with E-state index in [1.807, 2.05) is 36.4 Å². The van der Waals surface area contributed by atoms with Crippen molar-refractivity contribution < 1.29 is 9.47 Å². The van der Waals surface area contributed by atoms with E-state index in [4.69, 9.17) is 21.1 Å². The average molecular weight is 321 g/mol. The van der Waals surface area contributed by atoms with Crippen LogP contribution in [0.15, 0.2) is 36.4 Å². The lowest BCUT2D eigenvalue weighted by Gasteiger charge is -2.10. The second-order valence-electron chi connectivity index (χ2n) is 4.32. The molecular weight excluding hydrogens is 308 g/mol. The van der Waals surface area contributed by atoms with Gasteiger partial charge in [-0.2, -0.15) is 0 Å². The van der Waals surface area contributed by atoms with Gasteiger partial charge in [-0.3, -0.25) is 0 Å². The Morgan fingerprint density at radius 1 is 1.10 bits per heavy atom. The highest BCUT2D eigenvalue weighted by Gasteiger charge is 2.09. The summed E-state index contributed by atoms with van der Waals surface area (Å²) in [5, 5.41) is 4.74. The number of thiazole rings is 1. The SMILES string of the molecule is COc1ccc(Nc2nc3cc(Cl)ccc3s2)c(OC)c1. The average Bonchev–Trinajstić information content (AvgIpc) is 2.89. The van der Waals surface area contributed by atoms with Crippen molar-refractivity contribution in [2.75, 3.05) is 19.5 Å². The van der Waals surface area contributed by atoms with Crippen LogP contribution >= 0.6 is 22.9 Å².